The molecule has 0 amide bonds. The quantitative estimate of drug-likeness (QED) is 0.151. The zero-order valence-electron chi connectivity index (χ0n) is 34.2. The fraction of sp³-hybridized carbons (Fsp3) is 0. The van der Waals surface area contributed by atoms with Crippen LogP contribution in [0, 0.1) is 0 Å². The monoisotopic (exact) mass is 802 g/mol. The Labute approximate surface area is 365 Å². The van der Waals surface area contributed by atoms with Crippen molar-refractivity contribution in [1.82, 2.24) is 19.5 Å². The molecule has 0 saturated carbocycles. The topological polar surface area (TPSA) is 43.6 Å². The summed E-state index contributed by atoms with van der Waals surface area (Å²) >= 11 is 0. The summed E-state index contributed by atoms with van der Waals surface area (Å²) in [5.74, 6) is 1.88. The first kappa shape index (κ1) is 36.4. The number of fused-ring (bicyclic) bond motifs is 6. The van der Waals surface area contributed by atoms with E-state index in [1.807, 2.05) is 24.3 Å². The van der Waals surface area contributed by atoms with Crippen molar-refractivity contribution in [2.75, 3.05) is 0 Å². The molecular formula is C59H38N4. The van der Waals surface area contributed by atoms with Crippen LogP contribution < -0.4 is 0 Å². The van der Waals surface area contributed by atoms with Gasteiger partial charge in [0.05, 0.1) is 16.7 Å². The summed E-state index contributed by atoms with van der Waals surface area (Å²) < 4.78 is 2.44. The largest absolute Gasteiger partial charge is 0.309 e. The molecule has 0 saturated heterocycles. The van der Waals surface area contributed by atoms with Crippen LogP contribution in [-0.4, -0.2) is 19.5 Å². The Morgan fingerprint density at radius 3 is 1.29 bits per heavy atom. The molecule has 0 N–H and O–H groups in total. The van der Waals surface area contributed by atoms with Gasteiger partial charge in [0.25, 0.3) is 0 Å². The fourth-order valence-electron chi connectivity index (χ4n) is 9.10. The van der Waals surface area contributed by atoms with Gasteiger partial charge in [-0.05, 0) is 73.8 Å². The van der Waals surface area contributed by atoms with Gasteiger partial charge in [0, 0.05) is 32.8 Å². The Hall–Kier alpha value is -8.47. The molecule has 0 atom stereocenters. The molecule has 0 radical (unpaired) electrons. The SMILES string of the molecule is c1ccc(-c2ccc(-c3ccc4c(c3)c3ccc(-c5nc(-c6ccccc6)nc(-c6ccc(-c7ccccc7)cc6)n5)cc3n4-c3cc4ccccc4c4ccccc34)cc2)cc1. The summed E-state index contributed by atoms with van der Waals surface area (Å²) in [7, 11) is 0. The van der Waals surface area contributed by atoms with E-state index in [2.05, 4.69) is 211 Å². The molecule has 63 heavy (non-hydrogen) atoms. The minimum Gasteiger partial charge on any atom is -0.309 e. The standard InChI is InChI=1S/C59H38N4/c1-4-14-39(15-5-1)41-24-26-43(27-25-41)46-33-35-54-53(36-46)52-34-32-48(38-56(52)63(54)55-37-47-20-10-11-21-49(47)50-22-12-13-23-51(50)55)59-61-57(44-18-8-3-9-19-44)60-58(62-59)45-30-28-42(29-31-45)40-16-6-2-7-17-40/h1-38H. The molecule has 2 aromatic heterocycles. The molecule has 0 bridgehead atoms. The number of hydrogen-bond acceptors (Lipinski definition) is 3. The van der Waals surface area contributed by atoms with Crippen LogP contribution in [0.5, 0.6) is 0 Å². The highest BCUT2D eigenvalue weighted by molar-refractivity contribution is 6.16. The van der Waals surface area contributed by atoms with E-state index in [4.69, 9.17) is 15.0 Å². The number of rotatable bonds is 7. The molecule has 12 rings (SSSR count). The van der Waals surface area contributed by atoms with E-state index in [0.29, 0.717) is 17.5 Å². The summed E-state index contributed by atoms with van der Waals surface area (Å²) in [5, 5.41) is 7.18. The second-order valence-electron chi connectivity index (χ2n) is 16.0. The molecule has 0 spiro atoms. The van der Waals surface area contributed by atoms with Crippen LogP contribution in [0.1, 0.15) is 0 Å². The Bertz CT molecular complexity index is 3630. The number of benzene rings is 10. The van der Waals surface area contributed by atoms with Gasteiger partial charge in [0.15, 0.2) is 17.5 Å². The van der Waals surface area contributed by atoms with Gasteiger partial charge in [-0.25, -0.2) is 15.0 Å². The van der Waals surface area contributed by atoms with Gasteiger partial charge in [-0.3, -0.25) is 0 Å². The highest BCUT2D eigenvalue weighted by Gasteiger charge is 2.20. The van der Waals surface area contributed by atoms with Crippen molar-refractivity contribution in [1.29, 1.82) is 0 Å². The number of aromatic nitrogens is 4. The Kier molecular flexibility index (Phi) is 8.79. The average Bonchev–Trinajstić information content (AvgIpc) is 3.69. The van der Waals surface area contributed by atoms with Crippen LogP contribution in [-0.2, 0) is 0 Å². The summed E-state index contributed by atoms with van der Waals surface area (Å²) in [6.07, 6.45) is 0. The van der Waals surface area contributed by atoms with Crippen molar-refractivity contribution < 1.29 is 0 Å². The first-order valence-corrected chi connectivity index (χ1v) is 21.3. The lowest BCUT2D eigenvalue weighted by Crippen LogP contribution is -2.00. The lowest BCUT2D eigenvalue weighted by Gasteiger charge is -2.15. The molecule has 0 aliphatic heterocycles. The maximum atomic E-state index is 5.21. The van der Waals surface area contributed by atoms with Gasteiger partial charge in [-0.15, -0.1) is 0 Å². The summed E-state index contributed by atoms with van der Waals surface area (Å²) in [5.41, 5.74) is 13.2. The minimum absolute atomic E-state index is 0.618. The van der Waals surface area contributed by atoms with Crippen molar-refractivity contribution in [3.63, 3.8) is 0 Å². The highest BCUT2D eigenvalue weighted by Crippen LogP contribution is 2.41. The summed E-state index contributed by atoms with van der Waals surface area (Å²) in [6.45, 7) is 0. The van der Waals surface area contributed by atoms with Crippen LogP contribution in [0.2, 0.25) is 0 Å². The van der Waals surface area contributed by atoms with Gasteiger partial charge in [-0.2, -0.15) is 0 Å². The van der Waals surface area contributed by atoms with Crippen molar-refractivity contribution in [3.8, 4) is 73.2 Å². The molecule has 2 heterocycles. The average molecular weight is 803 g/mol. The maximum Gasteiger partial charge on any atom is 0.164 e. The van der Waals surface area contributed by atoms with E-state index in [0.717, 1.165) is 44.4 Å². The zero-order valence-corrected chi connectivity index (χ0v) is 34.2. The van der Waals surface area contributed by atoms with E-state index >= 15 is 0 Å². The molecule has 294 valence electrons. The van der Waals surface area contributed by atoms with Crippen LogP contribution in [0.15, 0.2) is 231 Å². The third-order valence-corrected chi connectivity index (χ3v) is 12.3. The van der Waals surface area contributed by atoms with Crippen LogP contribution in [0.25, 0.3) is 117 Å². The Morgan fingerprint density at radius 2 is 0.667 bits per heavy atom. The predicted octanol–water partition coefficient (Wildman–Crippen LogP) is 15.3. The first-order valence-electron chi connectivity index (χ1n) is 21.3. The van der Waals surface area contributed by atoms with Crippen LogP contribution in [0.4, 0.5) is 0 Å². The van der Waals surface area contributed by atoms with Gasteiger partial charge < -0.3 is 4.57 Å². The molecule has 0 fully saturated rings. The third kappa shape index (κ3) is 6.53. The molecule has 4 nitrogen and oxygen atoms in total. The van der Waals surface area contributed by atoms with E-state index in [-0.39, 0.29) is 0 Å². The smallest absolute Gasteiger partial charge is 0.164 e. The van der Waals surface area contributed by atoms with Gasteiger partial charge in [0.2, 0.25) is 0 Å². The van der Waals surface area contributed by atoms with E-state index in [9.17, 15) is 0 Å². The fourth-order valence-corrected chi connectivity index (χ4v) is 9.10. The first-order chi connectivity index (χ1) is 31.2. The predicted molar refractivity (Wildman–Crippen MR) is 262 cm³/mol. The van der Waals surface area contributed by atoms with Gasteiger partial charge in [-0.1, -0.05) is 206 Å². The van der Waals surface area contributed by atoms with Crippen molar-refractivity contribution in [2.45, 2.75) is 0 Å². The lowest BCUT2D eigenvalue weighted by atomic mass is 9.99. The number of nitrogens with zero attached hydrogens (tertiary/aromatic N) is 4. The summed E-state index contributed by atoms with van der Waals surface area (Å²) in [4.78, 5) is 15.4. The molecule has 0 unspecified atom stereocenters. The normalized spacial score (nSPS) is 11.5. The molecule has 12 aromatic rings. The Balaban J connectivity index is 1.06. The Morgan fingerprint density at radius 1 is 0.238 bits per heavy atom. The lowest BCUT2D eigenvalue weighted by molar-refractivity contribution is 1.07. The van der Waals surface area contributed by atoms with Gasteiger partial charge in [0.1, 0.15) is 0 Å². The van der Waals surface area contributed by atoms with Crippen molar-refractivity contribution >= 4 is 43.4 Å². The van der Waals surface area contributed by atoms with Crippen molar-refractivity contribution in [3.05, 3.63) is 231 Å². The molecular weight excluding hydrogens is 765 g/mol. The van der Waals surface area contributed by atoms with E-state index in [1.54, 1.807) is 0 Å². The minimum atomic E-state index is 0.618. The molecule has 4 heteroatoms. The summed E-state index contributed by atoms with van der Waals surface area (Å²) in [6, 6.07) is 81.9. The molecule has 0 aliphatic rings. The molecule has 10 aromatic carbocycles. The maximum absolute atomic E-state index is 5.21. The zero-order chi connectivity index (χ0) is 41.7. The highest BCUT2D eigenvalue weighted by atomic mass is 15.0. The second kappa shape index (κ2) is 15.2. The second-order valence-corrected chi connectivity index (χ2v) is 16.0. The van der Waals surface area contributed by atoms with Crippen molar-refractivity contribution in [2.24, 2.45) is 0 Å². The third-order valence-electron chi connectivity index (χ3n) is 12.3. The number of hydrogen-bond donors (Lipinski definition) is 0. The van der Waals surface area contributed by atoms with E-state index in [1.165, 1.54) is 54.7 Å². The van der Waals surface area contributed by atoms with Gasteiger partial charge >= 0.3 is 0 Å². The van der Waals surface area contributed by atoms with Crippen LogP contribution in [0.3, 0.4) is 0 Å². The van der Waals surface area contributed by atoms with E-state index < -0.39 is 0 Å². The van der Waals surface area contributed by atoms with Crippen LogP contribution >= 0.6 is 0 Å². The molecule has 0 aliphatic carbocycles.